The highest BCUT2D eigenvalue weighted by atomic mass is 35.5. The summed E-state index contributed by atoms with van der Waals surface area (Å²) < 4.78 is 5.76. The Morgan fingerprint density at radius 3 is 2.50 bits per heavy atom. The van der Waals surface area contributed by atoms with Gasteiger partial charge in [0.15, 0.2) is 0 Å². The summed E-state index contributed by atoms with van der Waals surface area (Å²) in [5.41, 5.74) is 0.565. The fourth-order valence-corrected chi connectivity index (χ4v) is 3.04. The zero-order valence-electron chi connectivity index (χ0n) is 13.3. The number of ether oxygens (including phenoxy) is 1. The predicted molar refractivity (Wildman–Crippen MR) is 95.7 cm³/mol. The van der Waals surface area contributed by atoms with Gasteiger partial charge in [0.2, 0.25) is 5.91 Å². The van der Waals surface area contributed by atoms with Gasteiger partial charge in [-0.25, -0.2) is 0 Å². The van der Waals surface area contributed by atoms with Crippen molar-refractivity contribution in [2.45, 2.75) is 19.4 Å². The van der Waals surface area contributed by atoms with Crippen LogP contribution in [0.2, 0.25) is 4.34 Å². The molecule has 2 aromatic rings. The summed E-state index contributed by atoms with van der Waals surface area (Å²) in [6.45, 7) is 0.928. The fraction of sp³-hybridized carbons (Fsp3) is 0.294. The zero-order valence-corrected chi connectivity index (χ0v) is 14.9. The maximum Gasteiger partial charge on any atom is 0.251 e. The lowest BCUT2D eigenvalue weighted by atomic mass is 10.2. The summed E-state index contributed by atoms with van der Waals surface area (Å²) >= 11 is 7.28. The summed E-state index contributed by atoms with van der Waals surface area (Å²) in [7, 11) is 1.58. The molecule has 2 rings (SSSR count). The minimum atomic E-state index is -0.161. The van der Waals surface area contributed by atoms with Crippen LogP contribution in [0.5, 0.6) is 5.75 Å². The van der Waals surface area contributed by atoms with E-state index in [0.717, 1.165) is 4.88 Å². The molecule has 0 saturated carbocycles. The van der Waals surface area contributed by atoms with E-state index in [4.69, 9.17) is 16.3 Å². The second-order valence-corrected chi connectivity index (χ2v) is 6.87. The maximum atomic E-state index is 11.9. The lowest BCUT2D eigenvalue weighted by Crippen LogP contribution is -2.27. The molecule has 1 heterocycles. The average molecular weight is 367 g/mol. The van der Waals surface area contributed by atoms with Gasteiger partial charge in [0.1, 0.15) is 5.75 Å². The lowest BCUT2D eigenvalue weighted by Gasteiger charge is -2.07. The number of methoxy groups -OCH3 is 1. The number of nitrogens with one attached hydrogen (secondary N) is 2. The largest absolute Gasteiger partial charge is 0.497 e. The first kappa shape index (κ1) is 18.3. The number of carbonyl (C=O) groups excluding carboxylic acids is 2. The van der Waals surface area contributed by atoms with Gasteiger partial charge in [0, 0.05) is 23.4 Å². The van der Waals surface area contributed by atoms with Crippen molar-refractivity contribution in [2.24, 2.45) is 0 Å². The van der Waals surface area contributed by atoms with Gasteiger partial charge in [0.25, 0.3) is 5.91 Å². The molecule has 0 unspecified atom stereocenters. The predicted octanol–water partition coefficient (Wildman–Crippen LogP) is 3.24. The van der Waals surface area contributed by atoms with Gasteiger partial charge in [-0.05, 0) is 42.8 Å². The molecule has 0 atom stereocenters. The van der Waals surface area contributed by atoms with Crippen molar-refractivity contribution in [2.75, 3.05) is 13.7 Å². The first-order chi connectivity index (χ1) is 11.6. The zero-order chi connectivity index (χ0) is 17.4. The molecule has 0 bridgehead atoms. The summed E-state index contributed by atoms with van der Waals surface area (Å²) in [6.07, 6.45) is 0.945. The molecular weight excluding hydrogens is 348 g/mol. The van der Waals surface area contributed by atoms with Crippen molar-refractivity contribution in [3.63, 3.8) is 0 Å². The van der Waals surface area contributed by atoms with Crippen molar-refractivity contribution >= 4 is 34.8 Å². The Morgan fingerprint density at radius 1 is 1.12 bits per heavy atom. The van der Waals surface area contributed by atoms with E-state index in [1.807, 2.05) is 12.1 Å². The second-order valence-electron chi connectivity index (χ2n) is 5.07. The molecule has 0 fully saturated rings. The van der Waals surface area contributed by atoms with Gasteiger partial charge in [-0.1, -0.05) is 11.6 Å². The van der Waals surface area contributed by atoms with Crippen LogP contribution in [0, 0.1) is 0 Å². The summed E-state index contributed by atoms with van der Waals surface area (Å²) in [5, 5.41) is 5.62. The highest BCUT2D eigenvalue weighted by molar-refractivity contribution is 7.16. The number of carbonyl (C=O) groups is 2. The average Bonchev–Trinajstić information content (AvgIpc) is 3.02. The minimum Gasteiger partial charge on any atom is -0.497 e. The van der Waals surface area contributed by atoms with E-state index in [2.05, 4.69) is 10.6 Å². The van der Waals surface area contributed by atoms with Gasteiger partial charge >= 0.3 is 0 Å². The number of halogens is 1. The molecule has 0 aliphatic carbocycles. The lowest BCUT2D eigenvalue weighted by molar-refractivity contribution is -0.121. The number of hydrogen-bond donors (Lipinski definition) is 2. The van der Waals surface area contributed by atoms with Crippen LogP contribution >= 0.6 is 22.9 Å². The first-order valence-electron chi connectivity index (χ1n) is 7.51. The van der Waals surface area contributed by atoms with Gasteiger partial charge in [-0.15, -0.1) is 11.3 Å². The van der Waals surface area contributed by atoms with Crippen molar-refractivity contribution < 1.29 is 14.3 Å². The number of benzene rings is 1. The Balaban J connectivity index is 1.62. The molecule has 2 N–H and O–H groups in total. The molecule has 0 radical (unpaired) electrons. The smallest absolute Gasteiger partial charge is 0.251 e. The van der Waals surface area contributed by atoms with Crippen LogP contribution in [0.15, 0.2) is 36.4 Å². The quantitative estimate of drug-likeness (QED) is 0.705. The standard InChI is InChI=1S/C17H19ClN2O3S/c1-23-13-6-4-12(5-7-13)17(22)19-10-2-3-16(21)20-11-14-8-9-15(18)24-14/h4-9H,2-3,10-11H2,1H3,(H,19,22)(H,20,21). The van der Waals surface area contributed by atoms with Crippen LogP contribution < -0.4 is 15.4 Å². The van der Waals surface area contributed by atoms with Gasteiger partial charge < -0.3 is 15.4 Å². The van der Waals surface area contributed by atoms with Crippen LogP contribution in [-0.4, -0.2) is 25.5 Å². The van der Waals surface area contributed by atoms with E-state index in [1.54, 1.807) is 31.4 Å². The second kappa shape index (κ2) is 9.30. The Kier molecular flexibility index (Phi) is 7.08. The SMILES string of the molecule is COc1ccc(C(=O)NCCCC(=O)NCc2ccc(Cl)s2)cc1. The summed E-state index contributed by atoms with van der Waals surface area (Å²) in [6, 6.07) is 10.6. The molecule has 2 amide bonds. The summed E-state index contributed by atoms with van der Waals surface area (Å²) in [4.78, 5) is 24.7. The number of rotatable bonds is 8. The third kappa shape index (κ3) is 5.86. The fourth-order valence-electron chi connectivity index (χ4n) is 2.02. The molecular formula is C17H19ClN2O3S. The molecule has 7 heteroatoms. The van der Waals surface area contributed by atoms with Crippen molar-refractivity contribution in [1.29, 1.82) is 0 Å². The molecule has 0 aliphatic heterocycles. The van der Waals surface area contributed by atoms with E-state index in [0.29, 0.717) is 41.6 Å². The highest BCUT2D eigenvalue weighted by Crippen LogP contribution is 2.20. The molecule has 0 saturated heterocycles. The van der Waals surface area contributed by atoms with Crippen LogP contribution in [0.25, 0.3) is 0 Å². The molecule has 24 heavy (non-hydrogen) atoms. The van der Waals surface area contributed by atoms with Crippen molar-refractivity contribution in [3.8, 4) is 5.75 Å². The third-order valence-electron chi connectivity index (χ3n) is 3.31. The van der Waals surface area contributed by atoms with Crippen LogP contribution in [0.4, 0.5) is 0 Å². The van der Waals surface area contributed by atoms with Crippen molar-refractivity contribution in [1.82, 2.24) is 10.6 Å². The first-order valence-corrected chi connectivity index (χ1v) is 8.71. The molecule has 5 nitrogen and oxygen atoms in total. The number of hydrogen-bond acceptors (Lipinski definition) is 4. The van der Waals surface area contributed by atoms with Gasteiger partial charge in [-0.2, -0.15) is 0 Å². The normalized spacial score (nSPS) is 10.2. The molecule has 0 aliphatic rings. The van der Waals surface area contributed by atoms with Crippen LogP contribution in [0.1, 0.15) is 28.1 Å². The topological polar surface area (TPSA) is 67.4 Å². The van der Waals surface area contributed by atoms with Crippen molar-refractivity contribution in [3.05, 3.63) is 51.2 Å². The Bertz CT molecular complexity index is 685. The van der Waals surface area contributed by atoms with E-state index < -0.39 is 0 Å². The van der Waals surface area contributed by atoms with E-state index >= 15 is 0 Å². The maximum absolute atomic E-state index is 11.9. The molecule has 1 aromatic heterocycles. The third-order valence-corrected chi connectivity index (χ3v) is 4.54. The summed E-state index contributed by atoms with van der Waals surface area (Å²) in [5.74, 6) is 0.500. The number of thiophene rings is 1. The van der Waals surface area contributed by atoms with E-state index in [9.17, 15) is 9.59 Å². The van der Waals surface area contributed by atoms with E-state index in [-0.39, 0.29) is 11.8 Å². The number of amides is 2. The van der Waals surface area contributed by atoms with Gasteiger partial charge in [0.05, 0.1) is 18.0 Å². The minimum absolute atomic E-state index is 0.0433. The molecule has 1 aromatic carbocycles. The molecule has 0 spiro atoms. The Labute approximate surface area is 150 Å². The monoisotopic (exact) mass is 366 g/mol. The van der Waals surface area contributed by atoms with E-state index in [1.165, 1.54) is 11.3 Å². The Morgan fingerprint density at radius 2 is 1.88 bits per heavy atom. The highest BCUT2D eigenvalue weighted by Gasteiger charge is 2.06. The van der Waals surface area contributed by atoms with Crippen LogP contribution in [0.3, 0.4) is 0 Å². The molecule has 128 valence electrons. The van der Waals surface area contributed by atoms with Gasteiger partial charge in [-0.3, -0.25) is 9.59 Å². The van der Waals surface area contributed by atoms with Crippen LogP contribution in [-0.2, 0) is 11.3 Å². The Hall–Kier alpha value is -2.05.